The first-order valence-corrected chi connectivity index (χ1v) is 8.84. The number of aryl methyl sites for hydroxylation is 2. The molecule has 3 heterocycles. The molecule has 0 radical (unpaired) electrons. The fraction of sp³-hybridized carbons (Fsp3) is 0.105. The number of nitrogens with zero attached hydrogens (tertiary/aromatic N) is 3. The van der Waals surface area contributed by atoms with Gasteiger partial charge in [-0.15, -0.1) is 0 Å². The first-order chi connectivity index (χ1) is 12.9. The number of aromatic nitrogens is 3. The Bertz CT molecular complexity index is 1170. The van der Waals surface area contributed by atoms with E-state index >= 15 is 0 Å². The minimum atomic E-state index is -0.301. The number of furan rings is 1. The van der Waals surface area contributed by atoms with Gasteiger partial charge in [0.1, 0.15) is 5.69 Å². The zero-order valence-electron chi connectivity index (χ0n) is 14.5. The Balaban J connectivity index is 1.83. The highest BCUT2D eigenvalue weighted by Crippen LogP contribution is 2.29. The number of carbonyl (C=O) groups excluding carboxylic acids is 1. The van der Waals surface area contributed by atoms with E-state index in [4.69, 9.17) is 27.6 Å². The summed E-state index contributed by atoms with van der Waals surface area (Å²) in [6.07, 6.45) is 1.56. The topological polar surface area (TPSA) is 73.0 Å². The van der Waals surface area contributed by atoms with Crippen LogP contribution in [0, 0.1) is 6.92 Å². The van der Waals surface area contributed by atoms with Crippen molar-refractivity contribution >= 4 is 45.8 Å². The molecule has 6 nitrogen and oxygen atoms in total. The Labute approximate surface area is 164 Å². The van der Waals surface area contributed by atoms with Crippen molar-refractivity contribution in [2.24, 2.45) is 7.05 Å². The molecule has 0 unspecified atom stereocenters. The van der Waals surface area contributed by atoms with Crippen LogP contribution in [0.15, 0.2) is 47.1 Å². The second-order valence-electron chi connectivity index (χ2n) is 6.02. The van der Waals surface area contributed by atoms with E-state index in [1.54, 1.807) is 54.4 Å². The van der Waals surface area contributed by atoms with Crippen molar-refractivity contribution in [2.45, 2.75) is 6.92 Å². The summed E-state index contributed by atoms with van der Waals surface area (Å²) in [7, 11) is 1.79. The van der Waals surface area contributed by atoms with Crippen LogP contribution in [0.1, 0.15) is 16.1 Å². The molecular weight excluding hydrogens is 387 g/mol. The minimum Gasteiger partial charge on any atom is -0.463 e. The highest BCUT2D eigenvalue weighted by molar-refractivity contribution is 6.42. The summed E-state index contributed by atoms with van der Waals surface area (Å²) in [5.41, 5.74) is 2.85. The number of nitrogens with one attached hydrogen (secondary N) is 1. The molecule has 0 aliphatic carbocycles. The smallest absolute Gasteiger partial charge is 0.256 e. The molecule has 4 aromatic rings. The zero-order chi connectivity index (χ0) is 19.1. The molecule has 0 saturated carbocycles. The van der Waals surface area contributed by atoms with Gasteiger partial charge in [-0.1, -0.05) is 23.2 Å². The first kappa shape index (κ1) is 17.6. The number of halogens is 2. The SMILES string of the molecule is Cc1nn(C)c2nc(-c3ccco3)cc(C(=O)Nc3ccc(Cl)c(Cl)c3)c12. The lowest BCUT2D eigenvalue weighted by molar-refractivity contribution is 0.102. The maximum absolute atomic E-state index is 13.0. The van der Waals surface area contributed by atoms with Crippen LogP contribution < -0.4 is 5.32 Å². The molecular formula is C19H14Cl2N4O2. The van der Waals surface area contributed by atoms with E-state index < -0.39 is 0 Å². The number of amides is 1. The predicted octanol–water partition coefficient (Wildman–Crippen LogP) is 5.10. The average Bonchev–Trinajstić information content (AvgIpc) is 3.26. The van der Waals surface area contributed by atoms with E-state index in [2.05, 4.69) is 15.4 Å². The van der Waals surface area contributed by atoms with Crippen LogP contribution in [0.25, 0.3) is 22.5 Å². The molecule has 0 bridgehead atoms. The average molecular weight is 401 g/mol. The Morgan fingerprint density at radius 2 is 2.00 bits per heavy atom. The third kappa shape index (κ3) is 3.18. The quantitative estimate of drug-likeness (QED) is 0.519. The summed E-state index contributed by atoms with van der Waals surface area (Å²) < 4.78 is 7.09. The van der Waals surface area contributed by atoms with Crippen LogP contribution in [-0.4, -0.2) is 20.7 Å². The number of fused-ring (bicyclic) bond motifs is 1. The highest BCUT2D eigenvalue weighted by atomic mass is 35.5. The van der Waals surface area contributed by atoms with Gasteiger partial charge in [-0.2, -0.15) is 5.10 Å². The molecule has 0 spiro atoms. The molecule has 27 heavy (non-hydrogen) atoms. The van der Waals surface area contributed by atoms with Crippen molar-refractivity contribution < 1.29 is 9.21 Å². The van der Waals surface area contributed by atoms with Crippen molar-refractivity contribution in [2.75, 3.05) is 5.32 Å². The summed E-state index contributed by atoms with van der Waals surface area (Å²) in [6, 6.07) is 10.2. The van der Waals surface area contributed by atoms with Gasteiger partial charge in [0, 0.05) is 12.7 Å². The van der Waals surface area contributed by atoms with Gasteiger partial charge in [-0.3, -0.25) is 9.48 Å². The third-order valence-electron chi connectivity index (χ3n) is 4.16. The number of carbonyl (C=O) groups is 1. The van der Waals surface area contributed by atoms with Crippen LogP contribution in [-0.2, 0) is 7.05 Å². The maximum Gasteiger partial charge on any atom is 0.256 e. The van der Waals surface area contributed by atoms with Crippen molar-refractivity contribution in [1.29, 1.82) is 0 Å². The van der Waals surface area contributed by atoms with Crippen molar-refractivity contribution in [3.05, 3.63) is 64.0 Å². The second kappa shape index (κ2) is 6.72. The van der Waals surface area contributed by atoms with Gasteiger partial charge in [0.25, 0.3) is 5.91 Å². The lowest BCUT2D eigenvalue weighted by Gasteiger charge is -2.09. The van der Waals surface area contributed by atoms with Gasteiger partial charge in [-0.05, 0) is 43.3 Å². The monoisotopic (exact) mass is 400 g/mol. The molecule has 1 aromatic carbocycles. The van der Waals surface area contributed by atoms with E-state index in [1.165, 1.54) is 0 Å². The molecule has 3 aromatic heterocycles. The maximum atomic E-state index is 13.0. The summed E-state index contributed by atoms with van der Waals surface area (Å²) in [5.74, 6) is 0.268. The predicted molar refractivity (Wildman–Crippen MR) is 105 cm³/mol. The van der Waals surface area contributed by atoms with Crippen LogP contribution >= 0.6 is 23.2 Å². The molecule has 0 atom stereocenters. The number of hydrogen-bond acceptors (Lipinski definition) is 4. The van der Waals surface area contributed by atoms with E-state index in [-0.39, 0.29) is 5.91 Å². The van der Waals surface area contributed by atoms with Crippen LogP contribution in [0.2, 0.25) is 10.0 Å². The molecule has 1 amide bonds. The molecule has 0 fully saturated rings. The lowest BCUT2D eigenvalue weighted by Crippen LogP contribution is -2.13. The van der Waals surface area contributed by atoms with Crippen LogP contribution in [0.4, 0.5) is 5.69 Å². The third-order valence-corrected chi connectivity index (χ3v) is 4.90. The standard InChI is InChI=1S/C19H14Cl2N4O2/c1-10-17-12(19(26)22-11-5-6-13(20)14(21)8-11)9-15(16-4-3-7-27-16)23-18(17)25(2)24-10/h3-9H,1-2H3,(H,22,26). The van der Waals surface area contributed by atoms with Crippen LogP contribution in [0.5, 0.6) is 0 Å². The zero-order valence-corrected chi connectivity index (χ0v) is 16.0. The van der Waals surface area contributed by atoms with Gasteiger partial charge < -0.3 is 9.73 Å². The summed E-state index contributed by atoms with van der Waals surface area (Å²) in [6.45, 7) is 1.84. The number of rotatable bonds is 3. The second-order valence-corrected chi connectivity index (χ2v) is 6.84. The molecule has 4 rings (SSSR count). The lowest BCUT2D eigenvalue weighted by atomic mass is 10.1. The van der Waals surface area contributed by atoms with Gasteiger partial charge in [-0.25, -0.2) is 4.98 Å². The molecule has 0 aliphatic heterocycles. The Morgan fingerprint density at radius 1 is 1.19 bits per heavy atom. The van der Waals surface area contributed by atoms with Crippen molar-refractivity contribution in [1.82, 2.24) is 14.8 Å². The fourth-order valence-electron chi connectivity index (χ4n) is 2.95. The van der Waals surface area contributed by atoms with Gasteiger partial charge >= 0.3 is 0 Å². The largest absolute Gasteiger partial charge is 0.463 e. The Hall–Kier alpha value is -2.83. The number of anilines is 1. The van der Waals surface area contributed by atoms with Crippen molar-refractivity contribution in [3.8, 4) is 11.5 Å². The summed E-state index contributed by atoms with van der Waals surface area (Å²) in [5, 5.41) is 8.71. The fourth-order valence-corrected chi connectivity index (χ4v) is 3.24. The Kier molecular flexibility index (Phi) is 4.37. The number of hydrogen-bond donors (Lipinski definition) is 1. The van der Waals surface area contributed by atoms with Gasteiger partial charge in [0.05, 0.1) is 33.0 Å². The van der Waals surface area contributed by atoms with E-state index in [1.807, 2.05) is 6.92 Å². The van der Waals surface area contributed by atoms with E-state index in [9.17, 15) is 4.79 Å². The molecule has 0 saturated heterocycles. The normalized spacial score (nSPS) is 11.1. The molecule has 8 heteroatoms. The molecule has 136 valence electrons. The number of benzene rings is 1. The van der Waals surface area contributed by atoms with Crippen molar-refractivity contribution in [3.63, 3.8) is 0 Å². The summed E-state index contributed by atoms with van der Waals surface area (Å²) in [4.78, 5) is 17.6. The van der Waals surface area contributed by atoms with Crippen LogP contribution in [0.3, 0.4) is 0 Å². The molecule has 0 aliphatic rings. The van der Waals surface area contributed by atoms with Gasteiger partial charge in [0.15, 0.2) is 11.4 Å². The Morgan fingerprint density at radius 3 is 2.70 bits per heavy atom. The minimum absolute atomic E-state index is 0.301. The van der Waals surface area contributed by atoms with E-state index in [0.717, 1.165) is 0 Å². The van der Waals surface area contributed by atoms with Gasteiger partial charge in [0.2, 0.25) is 0 Å². The summed E-state index contributed by atoms with van der Waals surface area (Å²) >= 11 is 12.0. The van der Waals surface area contributed by atoms with E-state index in [0.29, 0.717) is 49.5 Å². The highest BCUT2D eigenvalue weighted by Gasteiger charge is 2.20. The molecule has 1 N–H and O–H groups in total. The first-order valence-electron chi connectivity index (χ1n) is 8.08. The number of pyridine rings is 1.